The fourth-order valence-electron chi connectivity index (χ4n) is 3.12. The normalized spacial score (nSPS) is 20.6. The molecule has 2 rings (SSSR count). The summed E-state index contributed by atoms with van der Waals surface area (Å²) < 4.78 is 17.0. The van der Waals surface area contributed by atoms with E-state index in [2.05, 4.69) is 16.0 Å². The molecule has 1 amide bonds. The molecule has 5 N–H and O–H groups in total. The van der Waals surface area contributed by atoms with Gasteiger partial charge in [0.2, 0.25) is 0 Å². The molecule has 8 nitrogen and oxygen atoms in total. The maximum atomic E-state index is 12.8. The van der Waals surface area contributed by atoms with Gasteiger partial charge in [0.25, 0.3) is 5.91 Å². The van der Waals surface area contributed by atoms with Gasteiger partial charge in [0.15, 0.2) is 10.7 Å². The van der Waals surface area contributed by atoms with Gasteiger partial charge in [0, 0.05) is 25.6 Å². The third-order valence-electron chi connectivity index (χ3n) is 5.19. The van der Waals surface area contributed by atoms with Crippen molar-refractivity contribution in [3.63, 3.8) is 0 Å². The van der Waals surface area contributed by atoms with Crippen LogP contribution in [-0.2, 0) is 20.7 Å². The summed E-state index contributed by atoms with van der Waals surface area (Å²) in [5.74, 6) is 0.499. The first kappa shape index (κ1) is 22.7. The lowest BCUT2D eigenvalue weighted by molar-refractivity contribution is -0.121. The summed E-state index contributed by atoms with van der Waals surface area (Å²) in [6.07, 6.45) is 6.03. The van der Waals surface area contributed by atoms with Crippen LogP contribution in [0, 0.1) is 11.3 Å². The summed E-state index contributed by atoms with van der Waals surface area (Å²) in [7, 11) is 1.75. The second-order valence-electron chi connectivity index (χ2n) is 7.67. The molecule has 0 aromatic carbocycles. The van der Waals surface area contributed by atoms with Gasteiger partial charge in [-0.15, -0.1) is 0 Å². The third kappa shape index (κ3) is 6.23. The van der Waals surface area contributed by atoms with Gasteiger partial charge in [-0.05, 0) is 63.0 Å². The minimum absolute atomic E-state index is 0.153. The molecule has 1 aliphatic heterocycles. The monoisotopic (exact) mass is 412 g/mol. The molecule has 9 heteroatoms. The van der Waals surface area contributed by atoms with Gasteiger partial charge in [0.1, 0.15) is 11.9 Å². The Labute approximate surface area is 169 Å². The van der Waals surface area contributed by atoms with Crippen molar-refractivity contribution in [2.45, 2.75) is 50.4 Å². The van der Waals surface area contributed by atoms with E-state index >= 15 is 0 Å². The predicted octanol–water partition coefficient (Wildman–Crippen LogP) is 1.29. The maximum absolute atomic E-state index is 12.8. The van der Waals surface area contributed by atoms with Crippen molar-refractivity contribution in [1.29, 1.82) is 5.41 Å². The Kier molecular flexibility index (Phi) is 8.36. The molecule has 1 saturated heterocycles. The minimum atomic E-state index is -1.35. The number of allylic oxidation sites excluding steroid dienone is 3. The van der Waals surface area contributed by atoms with E-state index in [4.69, 9.17) is 10.1 Å². The van der Waals surface area contributed by atoms with Crippen LogP contribution >= 0.6 is 0 Å². The van der Waals surface area contributed by atoms with E-state index in [1.54, 1.807) is 33.0 Å². The average molecular weight is 413 g/mol. The molecule has 2 aliphatic rings. The number of carbonyl (C=O) groups is 1. The van der Waals surface area contributed by atoms with E-state index in [1.807, 2.05) is 0 Å². The molecule has 1 aliphatic carbocycles. The van der Waals surface area contributed by atoms with Crippen LogP contribution in [0.3, 0.4) is 0 Å². The molecule has 0 spiro atoms. The zero-order valence-electron chi connectivity index (χ0n) is 16.8. The molecule has 0 bridgehead atoms. The van der Waals surface area contributed by atoms with Gasteiger partial charge in [-0.2, -0.15) is 0 Å². The van der Waals surface area contributed by atoms with Crippen LogP contribution in [0.1, 0.15) is 39.5 Å². The van der Waals surface area contributed by atoms with E-state index in [0.717, 1.165) is 18.4 Å². The molecule has 0 aromatic heterocycles. The topological polar surface area (TPSA) is 130 Å². The van der Waals surface area contributed by atoms with Crippen LogP contribution in [0.2, 0.25) is 0 Å². The summed E-state index contributed by atoms with van der Waals surface area (Å²) >= 11 is -1.35. The molecule has 0 radical (unpaired) electrons. The van der Waals surface area contributed by atoms with Crippen molar-refractivity contribution in [3.8, 4) is 0 Å². The molecule has 28 heavy (non-hydrogen) atoms. The van der Waals surface area contributed by atoms with Crippen LogP contribution in [0.15, 0.2) is 23.5 Å². The molecule has 1 heterocycles. The summed E-state index contributed by atoms with van der Waals surface area (Å²) in [5, 5.41) is 26.1. The minimum Gasteiger partial charge on any atom is -0.616 e. The molecule has 0 aromatic rings. The van der Waals surface area contributed by atoms with Crippen LogP contribution in [0.4, 0.5) is 0 Å². The number of likely N-dealkylation sites (N-methyl/N-ethyl adjacent to an activating group) is 1. The van der Waals surface area contributed by atoms with Gasteiger partial charge < -0.3 is 19.7 Å². The molecular formula is C19H32N4O4S. The van der Waals surface area contributed by atoms with Crippen molar-refractivity contribution in [2.75, 3.05) is 26.0 Å². The first-order valence-corrected chi connectivity index (χ1v) is 10.9. The van der Waals surface area contributed by atoms with Crippen LogP contribution in [-0.4, -0.2) is 58.5 Å². The number of hydrogen-bond acceptors (Lipinski definition) is 6. The number of amides is 1. The Hall–Kier alpha value is -1.55. The number of guanidine groups is 1. The lowest BCUT2D eigenvalue weighted by Gasteiger charge is -2.31. The number of hydrogen-bond donors (Lipinski definition) is 5. The Morgan fingerprint density at radius 3 is 2.64 bits per heavy atom. The Bertz CT molecular complexity index is 629. The Morgan fingerprint density at radius 2 is 2.07 bits per heavy atom. The van der Waals surface area contributed by atoms with Crippen molar-refractivity contribution < 1.29 is 19.2 Å². The fraction of sp³-hybridized carbons (Fsp3) is 0.684. The zero-order chi connectivity index (χ0) is 20.7. The van der Waals surface area contributed by atoms with Gasteiger partial charge in [-0.1, -0.05) is 6.08 Å². The standard InChI is InChI=1S/C19H32N4O4S/c1-19(2,28(26)12-13-8-10-27-11-9-13)17(25)23-18(20)22-16(21-3)14-4-6-15(24)7-5-14/h4,6,13,16,21,24H,5,7-12H2,1-3H3,(H3,20,22,23,25). The van der Waals surface area contributed by atoms with E-state index in [-0.39, 0.29) is 12.1 Å². The number of rotatable bonds is 7. The first-order valence-electron chi connectivity index (χ1n) is 9.62. The molecular weight excluding hydrogens is 380 g/mol. The van der Waals surface area contributed by atoms with Crippen molar-refractivity contribution >= 4 is 23.0 Å². The molecule has 0 saturated carbocycles. The van der Waals surface area contributed by atoms with E-state index in [1.165, 1.54) is 0 Å². The highest BCUT2D eigenvalue weighted by atomic mass is 32.2. The van der Waals surface area contributed by atoms with E-state index in [9.17, 15) is 14.5 Å². The predicted molar refractivity (Wildman–Crippen MR) is 111 cm³/mol. The SMILES string of the molecule is CNC(NC(=N)NC(=O)C(C)(C)[S+]([O-])CC1CCOCC1)C1=CC=C(O)CC1. The average Bonchev–Trinajstić information content (AvgIpc) is 2.67. The van der Waals surface area contributed by atoms with Crippen molar-refractivity contribution in [2.24, 2.45) is 5.92 Å². The summed E-state index contributed by atoms with van der Waals surface area (Å²) in [4.78, 5) is 12.7. The fourth-order valence-corrected chi connectivity index (χ4v) is 4.55. The lowest BCUT2D eigenvalue weighted by Crippen LogP contribution is -2.56. The third-order valence-corrected chi connectivity index (χ3v) is 7.29. The van der Waals surface area contributed by atoms with Crippen LogP contribution in [0.5, 0.6) is 0 Å². The van der Waals surface area contributed by atoms with E-state index < -0.39 is 21.8 Å². The first-order chi connectivity index (χ1) is 13.2. The number of aliphatic hydroxyl groups is 1. The quantitative estimate of drug-likeness (QED) is 0.185. The summed E-state index contributed by atoms with van der Waals surface area (Å²) in [6.45, 7) is 4.66. The van der Waals surface area contributed by atoms with Crippen molar-refractivity contribution in [3.05, 3.63) is 23.5 Å². The van der Waals surface area contributed by atoms with Crippen LogP contribution < -0.4 is 16.0 Å². The van der Waals surface area contributed by atoms with E-state index in [0.29, 0.717) is 43.5 Å². The Morgan fingerprint density at radius 1 is 1.39 bits per heavy atom. The maximum Gasteiger partial charge on any atom is 0.282 e. The number of carbonyl (C=O) groups excluding carboxylic acids is 1. The largest absolute Gasteiger partial charge is 0.616 e. The molecule has 2 unspecified atom stereocenters. The highest BCUT2D eigenvalue weighted by Gasteiger charge is 2.42. The lowest BCUT2D eigenvalue weighted by atomic mass is 10.0. The number of aliphatic hydroxyl groups excluding tert-OH is 1. The van der Waals surface area contributed by atoms with Gasteiger partial charge in [-0.3, -0.25) is 20.8 Å². The highest BCUT2D eigenvalue weighted by Crippen LogP contribution is 2.25. The summed E-state index contributed by atoms with van der Waals surface area (Å²) in [6, 6.07) is 0. The molecule has 158 valence electrons. The van der Waals surface area contributed by atoms with Gasteiger partial charge in [0.05, 0.1) is 5.76 Å². The molecule has 2 atom stereocenters. The van der Waals surface area contributed by atoms with Crippen LogP contribution in [0.25, 0.3) is 0 Å². The Balaban J connectivity index is 1.89. The second-order valence-corrected chi connectivity index (χ2v) is 9.72. The second kappa shape index (κ2) is 10.3. The molecule has 1 fully saturated rings. The van der Waals surface area contributed by atoms with Gasteiger partial charge in [-0.25, -0.2) is 0 Å². The zero-order valence-corrected chi connectivity index (χ0v) is 17.7. The summed E-state index contributed by atoms with van der Waals surface area (Å²) in [5.41, 5.74) is 0.974. The number of ether oxygens (including phenoxy) is 1. The van der Waals surface area contributed by atoms with Gasteiger partial charge >= 0.3 is 0 Å². The van der Waals surface area contributed by atoms with Crippen molar-refractivity contribution in [1.82, 2.24) is 16.0 Å². The number of nitrogens with one attached hydrogen (secondary N) is 4. The smallest absolute Gasteiger partial charge is 0.282 e. The highest BCUT2D eigenvalue weighted by molar-refractivity contribution is 7.93.